The van der Waals surface area contributed by atoms with Gasteiger partial charge in [0, 0.05) is 11.3 Å². The number of amides is 1. The minimum Gasteiger partial charge on any atom is -0.478 e. The molecule has 172 valence electrons. The van der Waals surface area contributed by atoms with Crippen LogP contribution in [0.4, 0.5) is 10.1 Å². The zero-order valence-electron chi connectivity index (χ0n) is 19.1. The number of hydrogen-bond donors (Lipinski definition) is 1. The normalized spacial score (nSPS) is 27.0. The summed E-state index contributed by atoms with van der Waals surface area (Å²) in [4.78, 5) is 27.3. The van der Waals surface area contributed by atoms with Gasteiger partial charge < -0.3 is 10.0 Å². The van der Waals surface area contributed by atoms with Gasteiger partial charge in [0.05, 0.1) is 23.6 Å². The van der Waals surface area contributed by atoms with Crippen LogP contribution in [0.2, 0.25) is 0 Å². The van der Waals surface area contributed by atoms with Crippen LogP contribution in [0.25, 0.3) is 0 Å². The van der Waals surface area contributed by atoms with Crippen LogP contribution >= 0.6 is 0 Å². The average molecular weight is 457 g/mol. The molecule has 0 radical (unpaired) electrons. The van der Waals surface area contributed by atoms with E-state index in [0.717, 1.165) is 0 Å². The van der Waals surface area contributed by atoms with Crippen molar-refractivity contribution in [2.75, 3.05) is 4.90 Å². The van der Waals surface area contributed by atoms with E-state index in [-0.39, 0.29) is 35.7 Å². The molecule has 3 atom stereocenters. The summed E-state index contributed by atoms with van der Waals surface area (Å²) in [7, 11) is 0. The van der Waals surface area contributed by atoms with Crippen molar-refractivity contribution in [2.24, 2.45) is 17.3 Å². The van der Waals surface area contributed by atoms with Crippen molar-refractivity contribution < 1.29 is 19.1 Å². The molecule has 34 heavy (non-hydrogen) atoms. The molecule has 0 aromatic heterocycles. The van der Waals surface area contributed by atoms with Gasteiger partial charge in [0.2, 0.25) is 5.91 Å². The number of carboxylic acids is 1. The number of carbonyl (C=O) groups is 2. The van der Waals surface area contributed by atoms with Crippen molar-refractivity contribution in [1.29, 1.82) is 5.26 Å². The van der Waals surface area contributed by atoms with E-state index in [9.17, 15) is 24.3 Å². The van der Waals surface area contributed by atoms with Crippen LogP contribution < -0.4 is 4.90 Å². The lowest BCUT2D eigenvalue weighted by Crippen LogP contribution is -2.39. The predicted octanol–water partition coefficient (Wildman–Crippen LogP) is 5.38. The lowest BCUT2D eigenvalue weighted by molar-refractivity contribution is -0.121. The molecule has 1 spiro atoms. The lowest BCUT2D eigenvalue weighted by atomic mass is 9.69. The fourth-order valence-corrected chi connectivity index (χ4v) is 6.36. The minimum atomic E-state index is -1.02. The van der Waals surface area contributed by atoms with E-state index in [4.69, 9.17) is 0 Å². The second-order valence-electron chi connectivity index (χ2n) is 9.81. The van der Waals surface area contributed by atoms with Gasteiger partial charge in [-0.1, -0.05) is 38.1 Å². The summed E-state index contributed by atoms with van der Waals surface area (Å²) in [5, 5.41) is 18.6. The van der Waals surface area contributed by atoms with Gasteiger partial charge in [-0.05, 0) is 77.6 Å². The van der Waals surface area contributed by atoms with Crippen LogP contribution in [0.15, 0.2) is 66.3 Å². The van der Waals surface area contributed by atoms with Crippen LogP contribution in [0, 0.1) is 34.4 Å². The van der Waals surface area contributed by atoms with Crippen LogP contribution in [0.3, 0.4) is 0 Å². The number of aromatic carboxylic acids is 1. The highest BCUT2D eigenvalue weighted by molar-refractivity contribution is 6.11. The molecule has 2 aliphatic carbocycles. The topological polar surface area (TPSA) is 81.4 Å². The van der Waals surface area contributed by atoms with E-state index in [1.54, 1.807) is 29.2 Å². The van der Waals surface area contributed by atoms with Gasteiger partial charge in [-0.2, -0.15) is 5.26 Å². The molecular weight excluding hydrogens is 431 g/mol. The first kappa shape index (κ1) is 22.1. The van der Waals surface area contributed by atoms with Crippen molar-refractivity contribution in [3.8, 4) is 6.07 Å². The van der Waals surface area contributed by atoms with Gasteiger partial charge in [0.25, 0.3) is 0 Å². The summed E-state index contributed by atoms with van der Waals surface area (Å²) in [5.41, 5.74) is 1.65. The van der Waals surface area contributed by atoms with E-state index in [1.165, 1.54) is 18.2 Å². The van der Waals surface area contributed by atoms with Crippen LogP contribution in [0.1, 0.15) is 48.2 Å². The zero-order valence-corrected chi connectivity index (χ0v) is 19.1. The third-order valence-corrected chi connectivity index (χ3v) is 7.98. The molecule has 2 aromatic carbocycles. The molecule has 1 aliphatic heterocycles. The van der Waals surface area contributed by atoms with Gasteiger partial charge in [0.1, 0.15) is 5.82 Å². The number of anilines is 1. The minimum absolute atomic E-state index is 0.0555. The quantitative estimate of drug-likeness (QED) is 0.655. The SMILES string of the molecule is CC(C)[C@@]1(C2C=CC(C#N)=CC2)C[C@@]12C(=O)N(Cc1cccc(C(=O)O)c1)c1ccc(F)cc12. The fourth-order valence-electron chi connectivity index (χ4n) is 6.36. The van der Waals surface area contributed by atoms with E-state index in [2.05, 4.69) is 19.9 Å². The highest BCUT2D eigenvalue weighted by Crippen LogP contribution is 2.76. The summed E-state index contributed by atoms with van der Waals surface area (Å²) in [6.45, 7) is 4.43. The predicted molar refractivity (Wildman–Crippen MR) is 126 cm³/mol. The second-order valence-corrected chi connectivity index (χ2v) is 9.81. The lowest BCUT2D eigenvalue weighted by Gasteiger charge is -2.33. The molecule has 1 saturated carbocycles. The van der Waals surface area contributed by atoms with E-state index < -0.39 is 16.8 Å². The number of rotatable bonds is 5. The van der Waals surface area contributed by atoms with Gasteiger partial charge in [-0.3, -0.25) is 4.79 Å². The summed E-state index contributed by atoms with van der Waals surface area (Å²) >= 11 is 0. The smallest absolute Gasteiger partial charge is 0.335 e. The third kappa shape index (κ3) is 2.96. The molecule has 3 aliphatic rings. The van der Waals surface area contributed by atoms with Crippen molar-refractivity contribution in [1.82, 2.24) is 0 Å². The van der Waals surface area contributed by atoms with Crippen LogP contribution in [-0.2, 0) is 16.8 Å². The van der Waals surface area contributed by atoms with Crippen molar-refractivity contribution in [3.63, 3.8) is 0 Å². The monoisotopic (exact) mass is 456 g/mol. The summed E-state index contributed by atoms with van der Waals surface area (Å²) in [6, 6.07) is 13.3. The number of carbonyl (C=O) groups excluding carboxylic acids is 1. The number of nitrogens with zero attached hydrogens (tertiary/aromatic N) is 2. The number of benzene rings is 2. The maximum Gasteiger partial charge on any atom is 0.335 e. The largest absolute Gasteiger partial charge is 0.478 e. The van der Waals surface area contributed by atoms with Gasteiger partial charge in [-0.25, -0.2) is 9.18 Å². The molecular formula is C28H25FN2O3. The Bertz CT molecular complexity index is 1320. The third-order valence-electron chi connectivity index (χ3n) is 7.98. The number of halogens is 1. The van der Waals surface area contributed by atoms with E-state index in [1.807, 2.05) is 18.2 Å². The Morgan fingerprint density at radius 1 is 1.29 bits per heavy atom. The molecule has 0 bridgehead atoms. The molecule has 5 nitrogen and oxygen atoms in total. The molecule has 1 N–H and O–H groups in total. The van der Waals surface area contributed by atoms with Crippen LogP contribution in [-0.4, -0.2) is 17.0 Å². The molecule has 1 fully saturated rings. The number of allylic oxidation sites excluding steroid dienone is 4. The number of hydrogen-bond acceptors (Lipinski definition) is 3. The molecule has 6 heteroatoms. The molecule has 1 heterocycles. The Kier molecular flexibility index (Phi) is 4.98. The number of nitriles is 1. The Balaban J connectivity index is 1.58. The van der Waals surface area contributed by atoms with E-state index in [0.29, 0.717) is 35.2 Å². The summed E-state index contributed by atoms with van der Waals surface area (Å²) in [5.74, 6) is -1.26. The molecule has 2 aromatic rings. The molecule has 5 rings (SSSR count). The molecule has 0 saturated heterocycles. The standard InChI is InChI=1S/C28H25FN2O3/c1-17(2)27(21-8-6-18(14-30)7-9-21)16-28(27)23-13-22(29)10-11-24(23)31(26(28)34)15-19-4-3-5-20(12-19)25(32)33/h3-8,10-13,17,21H,9,15-16H2,1-2H3,(H,32,33)/t21?,27-,28-/m1/s1. The van der Waals surface area contributed by atoms with Gasteiger partial charge >= 0.3 is 5.97 Å². The Morgan fingerprint density at radius 2 is 2.09 bits per heavy atom. The summed E-state index contributed by atoms with van der Waals surface area (Å²) < 4.78 is 14.5. The number of fused-ring (bicyclic) bond motifs is 2. The highest BCUT2D eigenvalue weighted by atomic mass is 19.1. The molecule has 1 unspecified atom stereocenters. The maximum atomic E-state index is 14.5. The maximum absolute atomic E-state index is 14.5. The zero-order chi connectivity index (χ0) is 24.3. The highest BCUT2D eigenvalue weighted by Gasteiger charge is 2.78. The fraction of sp³-hybridized carbons (Fsp3) is 0.321. The molecule has 1 amide bonds. The second kappa shape index (κ2) is 7.66. The van der Waals surface area contributed by atoms with Crippen molar-refractivity contribution in [3.05, 3.63) is 88.8 Å². The first-order valence-electron chi connectivity index (χ1n) is 11.5. The first-order chi connectivity index (χ1) is 16.2. The Hall–Kier alpha value is -3.72. The average Bonchev–Trinajstić information content (AvgIpc) is 3.50. The van der Waals surface area contributed by atoms with Crippen LogP contribution in [0.5, 0.6) is 0 Å². The van der Waals surface area contributed by atoms with Gasteiger partial charge in [-0.15, -0.1) is 0 Å². The summed E-state index contributed by atoms with van der Waals surface area (Å²) in [6.07, 6.45) is 7.06. The Labute approximate surface area is 197 Å². The first-order valence-corrected chi connectivity index (χ1v) is 11.5. The van der Waals surface area contributed by atoms with Gasteiger partial charge in [0.15, 0.2) is 0 Å². The Morgan fingerprint density at radius 3 is 2.74 bits per heavy atom. The van der Waals surface area contributed by atoms with Crippen molar-refractivity contribution in [2.45, 2.75) is 38.6 Å². The number of carboxylic acid groups (broad SMARTS) is 1. The van der Waals surface area contributed by atoms with Crippen molar-refractivity contribution >= 4 is 17.6 Å². The van der Waals surface area contributed by atoms with E-state index >= 15 is 0 Å².